The zero-order chi connectivity index (χ0) is 21.8. The average Bonchev–Trinajstić information content (AvgIpc) is 3.07. The lowest BCUT2D eigenvalue weighted by Crippen LogP contribution is -2.62. The molecule has 1 fully saturated rings. The maximum atomic E-state index is 13.6. The summed E-state index contributed by atoms with van der Waals surface area (Å²) in [7, 11) is 3.16. The van der Waals surface area contributed by atoms with Crippen molar-refractivity contribution >= 4 is 28.1 Å². The van der Waals surface area contributed by atoms with Crippen molar-refractivity contribution in [2.75, 3.05) is 31.3 Å². The van der Waals surface area contributed by atoms with Crippen molar-refractivity contribution in [3.63, 3.8) is 0 Å². The van der Waals surface area contributed by atoms with Gasteiger partial charge < -0.3 is 15.4 Å². The summed E-state index contributed by atoms with van der Waals surface area (Å²) in [4.78, 5) is 21.1. The number of carbonyl (C=O) groups excluding carboxylic acids is 1. The van der Waals surface area contributed by atoms with Gasteiger partial charge in [0.25, 0.3) is 5.91 Å². The van der Waals surface area contributed by atoms with Crippen molar-refractivity contribution in [3.05, 3.63) is 66.2 Å². The smallest absolute Gasteiger partial charge is 0.255 e. The van der Waals surface area contributed by atoms with Gasteiger partial charge in [0.15, 0.2) is 5.72 Å². The summed E-state index contributed by atoms with van der Waals surface area (Å²) in [5, 5.41) is 3.59. The molecule has 0 aliphatic carbocycles. The van der Waals surface area contributed by atoms with E-state index in [4.69, 9.17) is 15.3 Å². The lowest BCUT2D eigenvalue weighted by atomic mass is 9.73. The third-order valence-corrected chi connectivity index (χ3v) is 6.83. The number of hydrogen-bond acceptors (Lipinski definition) is 5. The quantitative estimate of drug-likeness (QED) is 0.512. The Morgan fingerprint density at radius 1 is 1.16 bits per heavy atom. The van der Waals surface area contributed by atoms with Crippen molar-refractivity contribution in [1.29, 1.82) is 0 Å². The van der Waals surface area contributed by atoms with Gasteiger partial charge in [0.2, 0.25) is 0 Å². The lowest BCUT2D eigenvalue weighted by molar-refractivity contribution is -0.182. The zero-order valence-electron chi connectivity index (χ0n) is 18.0. The van der Waals surface area contributed by atoms with E-state index in [1.807, 2.05) is 43.3 Å². The number of nitrogens with two attached hydrogens (primary N) is 1. The maximum Gasteiger partial charge on any atom is 0.255 e. The molecule has 1 saturated heterocycles. The summed E-state index contributed by atoms with van der Waals surface area (Å²) < 4.78 is 6.61. The molecule has 3 aromatic rings. The molecule has 3 aromatic carbocycles. The van der Waals surface area contributed by atoms with E-state index in [0.29, 0.717) is 5.69 Å². The van der Waals surface area contributed by atoms with Gasteiger partial charge >= 0.3 is 0 Å². The van der Waals surface area contributed by atoms with Crippen molar-refractivity contribution in [2.24, 2.45) is 5.92 Å². The first-order chi connectivity index (χ1) is 14.9. The number of nitrogen functional groups attached to an aromatic ring is 1. The molecule has 5 rings (SSSR count). The maximum absolute atomic E-state index is 13.6. The number of rotatable bonds is 3. The van der Waals surface area contributed by atoms with E-state index in [-0.39, 0.29) is 11.8 Å². The molecule has 2 aliphatic rings. The van der Waals surface area contributed by atoms with Gasteiger partial charge in [-0.05, 0) is 53.9 Å². The minimum Gasteiger partial charge on any atom is -0.465 e. The topological polar surface area (TPSA) is 68.0 Å². The first kappa shape index (κ1) is 19.7. The minimum absolute atomic E-state index is 0.0179. The Kier molecular flexibility index (Phi) is 4.55. The summed E-state index contributed by atoms with van der Waals surface area (Å²) in [5.41, 5.74) is 7.92. The molecule has 6 nitrogen and oxygen atoms in total. The van der Waals surface area contributed by atoms with Gasteiger partial charge in [-0.3, -0.25) is 9.63 Å². The predicted octanol–water partition coefficient (Wildman–Crippen LogP) is 4.16. The number of hydroxylamine groups is 2. The van der Waals surface area contributed by atoms with Crippen LogP contribution >= 0.6 is 0 Å². The molecule has 31 heavy (non-hydrogen) atoms. The molecule has 0 bridgehead atoms. The highest BCUT2D eigenvalue weighted by molar-refractivity contribution is 5.91. The third kappa shape index (κ3) is 3.01. The lowest BCUT2D eigenvalue weighted by Gasteiger charge is -2.48. The average molecular weight is 418 g/mol. The second-order valence-corrected chi connectivity index (χ2v) is 8.53. The molecular weight excluding hydrogens is 390 g/mol. The van der Waals surface area contributed by atoms with E-state index in [1.54, 1.807) is 7.05 Å². The van der Waals surface area contributed by atoms with Crippen molar-refractivity contribution in [1.82, 2.24) is 5.06 Å². The van der Waals surface area contributed by atoms with Gasteiger partial charge in [-0.15, -0.1) is 0 Å². The van der Waals surface area contributed by atoms with Crippen LogP contribution in [0.5, 0.6) is 5.75 Å². The summed E-state index contributed by atoms with van der Waals surface area (Å²) in [6, 6.07) is 20.3. The number of amides is 1. The predicted molar refractivity (Wildman–Crippen MR) is 122 cm³/mol. The monoisotopic (exact) mass is 417 g/mol. The Morgan fingerprint density at radius 3 is 2.52 bits per heavy atom. The molecule has 3 atom stereocenters. The van der Waals surface area contributed by atoms with Gasteiger partial charge in [0.05, 0.1) is 12.8 Å². The Hall–Kier alpha value is -3.25. The van der Waals surface area contributed by atoms with Gasteiger partial charge in [0, 0.05) is 25.2 Å². The molecule has 0 saturated carbocycles. The molecule has 6 heteroatoms. The summed E-state index contributed by atoms with van der Waals surface area (Å²) in [6.07, 6.45) is 0.823. The van der Waals surface area contributed by atoms with Crippen LogP contribution in [-0.2, 0) is 9.63 Å². The third-order valence-electron chi connectivity index (χ3n) is 6.83. The molecule has 0 spiro atoms. The number of nitrogens with zero attached hydrogens (tertiary/aromatic N) is 2. The number of piperidine rings is 1. The Labute approximate surface area is 182 Å². The van der Waals surface area contributed by atoms with Crippen LogP contribution in [-0.4, -0.2) is 37.4 Å². The summed E-state index contributed by atoms with van der Waals surface area (Å²) >= 11 is 0. The van der Waals surface area contributed by atoms with Crippen LogP contribution in [0.15, 0.2) is 60.7 Å². The van der Waals surface area contributed by atoms with Crippen LogP contribution < -0.4 is 15.4 Å². The molecular formula is C25H27N3O3. The van der Waals surface area contributed by atoms with Gasteiger partial charge in [-0.2, -0.15) is 0 Å². The molecule has 2 aliphatic heterocycles. The summed E-state index contributed by atoms with van der Waals surface area (Å²) in [6.45, 7) is 2.81. The van der Waals surface area contributed by atoms with E-state index < -0.39 is 11.6 Å². The van der Waals surface area contributed by atoms with Crippen molar-refractivity contribution in [2.45, 2.75) is 25.0 Å². The highest BCUT2D eigenvalue weighted by Gasteiger charge is 2.57. The molecule has 0 unspecified atom stereocenters. The van der Waals surface area contributed by atoms with Gasteiger partial charge in [-0.25, -0.2) is 5.06 Å². The fourth-order valence-electron chi connectivity index (χ4n) is 5.19. The number of hydrogen-bond donors (Lipinski definition) is 1. The fraction of sp³-hybridized carbons (Fsp3) is 0.320. The Bertz CT molecular complexity index is 1150. The van der Waals surface area contributed by atoms with Crippen LogP contribution in [0, 0.1) is 5.92 Å². The second-order valence-electron chi connectivity index (χ2n) is 8.53. The number of fused-ring (bicyclic) bond motifs is 4. The van der Waals surface area contributed by atoms with E-state index in [9.17, 15) is 4.79 Å². The van der Waals surface area contributed by atoms with Crippen molar-refractivity contribution < 1.29 is 14.4 Å². The summed E-state index contributed by atoms with van der Waals surface area (Å²) in [5.74, 6) is 0.243. The largest absolute Gasteiger partial charge is 0.465 e. The Balaban J connectivity index is 1.62. The second kappa shape index (κ2) is 7.17. The number of ether oxygens (including phenoxy) is 1. The SMILES string of the molecule is CON(C)C(=O)[C@H]1[C@H](c2ccc(N)cc2)CCN2c3cc4ccccc4cc3O[C@]12C. The van der Waals surface area contributed by atoms with E-state index in [2.05, 4.69) is 29.2 Å². The van der Waals surface area contributed by atoms with Crippen LogP contribution in [0.25, 0.3) is 10.8 Å². The molecule has 1 amide bonds. The number of carbonyl (C=O) groups is 1. The van der Waals surface area contributed by atoms with Gasteiger partial charge in [-0.1, -0.05) is 36.4 Å². The van der Waals surface area contributed by atoms with E-state index in [0.717, 1.165) is 40.7 Å². The van der Waals surface area contributed by atoms with Gasteiger partial charge in [0.1, 0.15) is 11.7 Å². The normalized spacial score (nSPS) is 24.4. The fourth-order valence-corrected chi connectivity index (χ4v) is 5.19. The van der Waals surface area contributed by atoms with Crippen LogP contribution in [0.1, 0.15) is 24.8 Å². The number of anilines is 2. The van der Waals surface area contributed by atoms with Crippen LogP contribution in [0.2, 0.25) is 0 Å². The minimum atomic E-state index is -0.826. The van der Waals surface area contributed by atoms with Crippen molar-refractivity contribution in [3.8, 4) is 5.75 Å². The molecule has 2 N–H and O–H groups in total. The molecule has 0 radical (unpaired) electrons. The Morgan fingerprint density at radius 2 is 1.84 bits per heavy atom. The molecule has 160 valence electrons. The number of benzene rings is 3. The zero-order valence-corrected chi connectivity index (χ0v) is 18.0. The van der Waals surface area contributed by atoms with E-state index >= 15 is 0 Å². The first-order valence-corrected chi connectivity index (χ1v) is 10.6. The van der Waals surface area contributed by atoms with E-state index in [1.165, 1.54) is 12.2 Å². The first-order valence-electron chi connectivity index (χ1n) is 10.6. The molecule has 0 aromatic heterocycles. The standard InChI is InChI=1S/C25H27N3O3/c1-25-23(24(29)27(2)30-3)20(16-8-10-19(26)11-9-16)12-13-28(25)21-14-17-6-4-5-7-18(17)15-22(21)31-25/h4-11,14-15,20,23H,12-13,26H2,1-3H3/t20-,23+,25+/m0/s1. The van der Waals surface area contributed by atoms with Crippen LogP contribution in [0.3, 0.4) is 0 Å². The highest BCUT2D eigenvalue weighted by Crippen LogP contribution is 2.54. The highest BCUT2D eigenvalue weighted by atomic mass is 16.7. The van der Waals surface area contributed by atoms with Crippen LogP contribution in [0.4, 0.5) is 11.4 Å². The molecule has 2 heterocycles.